The number of nitrogens with one attached hydrogen (secondary N) is 1. The summed E-state index contributed by atoms with van der Waals surface area (Å²) in [5.41, 5.74) is 2.53. The summed E-state index contributed by atoms with van der Waals surface area (Å²) in [6.07, 6.45) is 5.00. The number of thiol groups is 1. The maximum Gasteiger partial charge on any atom is 0.338 e. The van der Waals surface area contributed by atoms with E-state index in [1.54, 1.807) is 13.2 Å². The van der Waals surface area contributed by atoms with Gasteiger partial charge in [0.05, 0.1) is 19.2 Å². The Hall–Kier alpha value is -1.92. The summed E-state index contributed by atoms with van der Waals surface area (Å²) >= 11 is 4.34. The largest absolute Gasteiger partial charge is 0.497 e. The molecule has 136 valence electrons. The number of hydrogen-bond acceptors (Lipinski definition) is 5. The number of aryl methyl sites for hydroxylation is 2. The molecule has 1 aliphatic rings. The third kappa shape index (κ3) is 5.54. The van der Waals surface area contributed by atoms with Crippen LogP contribution >= 0.6 is 12.6 Å². The predicted octanol–water partition coefficient (Wildman–Crippen LogP) is 4.22. The molecule has 0 aliphatic heterocycles. The van der Waals surface area contributed by atoms with E-state index in [4.69, 9.17) is 14.3 Å². The average Bonchev–Trinajstić information content (AvgIpc) is 3.00. The summed E-state index contributed by atoms with van der Waals surface area (Å²) in [5.74, 6) is 0.649. The zero-order valence-corrected chi connectivity index (χ0v) is 15.7. The number of rotatable bonds is 5. The molecule has 0 spiro atoms. The van der Waals surface area contributed by atoms with Crippen molar-refractivity contribution in [2.45, 2.75) is 50.6 Å². The van der Waals surface area contributed by atoms with E-state index in [-0.39, 0.29) is 5.56 Å². The van der Waals surface area contributed by atoms with E-state index >= 15 is 0 Å². The summed E-state index contributed by atoms with van der Waals surface area (Å²) in [6.45, 7) is 4.67. The zero-order chi connectivity index (χ0) is 18.4. The van der Waals surface area contributed by atoms with Crippen molar-refractivity contribution in [1.29, 1.82) is 0 Å². The normalized spacial score (nSPS) is 13.6. The van der Waals surface area contributed by atoms with E-state index in [1.807, 2.05) is 26.0 Å². The van der Waals surface area contributed by atoms with Gasteiger partial charge in [0.2, 0.25) is 0 Å². The van der Waals surface area contributed by atoms with E-state index in [2.05, 4.69) is 17.9 Å². The highest BCUT2D eigenvalue weighted by Crippen LogP contribution is 2.23. The van der Waals surface area contributed by atoms with Crippen LogP contribution < -0.4 is 10.1 Å². The lowest BCUT2D eigenvalue weighted by atomic mass is 9.93. The van der Waals surface area contributed by atoms with Gasteiger partial charge in [-0.05, 0) is 56.0 Å². The zero-order valence-electron chi connectivity index (χ0n) is 14.8. The molecule has 2 N–H and O–H groups in total. The number of carbonyl (C=O) groups is 1. The second kappa shape index (κ2) is 8.97. The first-order valence-corrected chi connectivity index (χ1v) is 8.73. The van der Waals surface area contributed by atoms with E-state index in [1.165, 1.54) is 25.5 Å². The summed E-state index contributed by atoms with van der Waals surface area (Å²) < 4.78 is 10.2. The highest BCUT2D eigenvalue weighted by atomic mass is 32.1. The summed E-state index contributed by atoms with van der Waals surface area (Å²) in [5, 5.41) is 12.0. The first kappa shape index (κ1) is 19.4. The average molecular weight is 363 g/mol. The van der Waals surface area contributed by atoms with Crippen LogP contribution in [0.1, 0.15) is 46.5 Å². The van der Waals surface area contributed by atoms with Crippen LogP contribution in [0.5, 0.6) is 5.75 Å². The van der Waals surface area contributed by atoms with Crippen LogP contribution in [0.15, 0.2) is 33.8 Å². The highest BCUT2D eigenvalue weighted by molar-refractivity contribution is 7.80. The van der Waals surface area contributed by atoms with Gasteiger partial charge >= 0.3 is 5.97 Å². The van der Waals surface area contributed by atoms with Crippen LogP contribution in [0.2, 0.25) is 0 Å². The number of hydrogen-bond donors (Lipinski definition) is 3. The number of benzene rings is 1. The Morgan fingerprint density at radius 3 is 2.40 bits per heavy atom. The lowest BCUT2D eigenvalue weighted by Gasteiger charge is -2.25. The van der Waals surface area contributed by atoms with E-state index in [0.29, 0.717) is 18.3 Å². The van der Waals surface area contributed by atoms with Gasteiger partial charge in [0.25, 0.3) is 0 Å². The second-order valence-corrected chi connectivity index (χ2v) is 6.67. The summed E-state index contributed by atoms with van der Waals surface area (Å²) in [7, 11) is 1.67. The molecule has 0 saturated heterocycles. The van der Waals surface area contributed by atoms with Crippen LogP contribution in [0, 0.1) is 13.8 Å². The SMILES string of the molecule is COc1cc(C)c(S)c(C)c1.O=C(O)c1coc(CNC2CCC2)c1. The van der Waals surface area contributed by atoms with E-state index in [0.717, 1.165) is 21.8 Å². The molecule has 3 rings (SSSR count). The van der Waals surface area contributed by atoms with Crippen LogP contribution in [-0.2, 0) is 6.54 Å². The predicted molar refractivity (Wildman–Crippen MR) is 99.9 cm³/mol. The third-order valence-electron chi connectivity index (χ3n) is 4.27. The minimum absolute atomic E-state index is 0.218. The third-order valence-corrected chi connectivity index (χ3v) is 4.98. The van der Waals surface area contributed by atoms with Crippen molar-refractivity contribution >= 4 is 18.6 Å². The Bertz CT molecular complexity index is 699. The van der Waals surface area contributed by atoms with Crippen LogP contribution in [0.4, 0.5) is 0 Å². The van der Waals surface area contributed by atoms with Crippen LogP contribution in [-0.4, -0.2) is 24.2 Å². The Balaban J connectivity index is 0.000000186. The molecular weight excluding hydrogens is 338 g/mol. The van der Waals surface area contributed by atoms with Gasteiger partial charge in [0.1, 0.15) is 17.8 Å². The van der Waals surface area contributed by atoms with Crippen molar-refractivity contribution in [1.82, 2.24) is 5.32 Å². The minimum Gasteiger partial charge on any atom is -0.497 e. The Labute approximate surface area is 153 Å². The first-order valence-electron chi connectivity index (χ1n) is 8.29. The fourth-order valence-corrected chi connectivity index (χ4v) is 2.61. The standard InChI is InChI=1S/C10H13NO3.C9H12OS/c12-10(13)7-4-9(14-6-7)5-11-8-2-1-3-8;1-6-4-8(10-3)5-7(2)9(6)11/h4,6,8,11H,1-3,5H2,(H,12,13);4-5,11H,1-3H3. The van der Waals surface area contributed by atoms with Crippen molar-refractivity contribution in [3.63, 3.8) is 0 Å². The molecular formula is C19H25NO4S. The molecule has 0 unspecified atom stereocenters. The van der Waals surface area contributed by atoms with Crippen molar-refractivity contribution in [3.8, 4) is 5.75 Å². The van der Waals surface area contributed by atoms with Gasteiger partial charge in [-0.25, -0.2) is 4.79 Å². The number of ether oxygens (including phenoxy) is 1. The maximum absolute atomic E-state index is 10.5. The molecule has 1 fully saturated rings. The molecule has 2 aromatic rings. The topological polar surface area (TPSA) is 71.7 Å². The second-order valence-electron chi connectivity index (χ2n) is 6.23. The van der Waals surface area contributed by atoms with Gasteiger partial charge in [0.15, 0.2) is 0 Å². The Morgan fingerprint density at radius 2 is 1.96 bits per heavy atom. The van der Waals surface area contributed by atoms with Gasteiger partial charge < -0.3 is 19.6 Å². The van der Waals surface area contributed by atoms with Gasteiger partial charge in [-0.15, -0.1) is 12.6 Å². The molecule has 0 radical (unpaired) electrons. The molecule has 6 heteroatoms. The van der Waals surface area contributed by atoms with Crippen molar-refractivity contribution in [2.24, 2.45) is 0 Å². The van der Waals surface area contributed by atoms with Crippen LogP contribution in [0.25, 0.3) is 0 Å². The van der Waals surface area contributed by atoms with E-state index < -0.39 is 5.97 Å². The fraction of sp³-hybridized carbons (Fsp3) is 0.421. The molecule has 0 bridgehead atoms. The molecule has 1 aromatic carbocycles. The van der Waals surface area contributed by atoms with Crippen molar-refractivity contribution in [3.05, 3.63) is 46.9 Å². The number of carboxylic acid groups (broad SMARTS) is 1. The molecule has 0 amide bonds. The number of carboxylic acids is 1. The first-order chi connectivity index (χ1) is 11.9. The monoisotopic (exact) mass is 363 g/mol. The maximum atomic E-state index is 10.5. The quantitative estimate of drug-likeness (QED) is 0.694. The molecule has 1 aromatic heterocycles. The molecule has 1 aliphatic carbocycles. The molecule has 1 saturated carbocycles. The number of methoxy groups -OCH3 is 1. The number of furan rings is 1. The molecule has 25 heavy (non-hydrogen) atoms. The van der Waals surface area contributed by atoms with Crippen molar-refractivity contribution < 1.29 is 19.1 Å². The van der Waals surface area contributed by atoms with Crippen LogP contribution in [0.3, 0.4) is 0 Å². The lowest BCUT2D eigenvalue weighted by molar-refractivity contribution is 0.0696. The number of aromatic carboxylic acids is 1. The minimum atomic E-state index is -0.941. The van der Waals surface area contributed by atoms with Crippen molar-refractivity contribution in [2.75, 3.05) is 7.11 Å². The smallest absolute Gasteiger partial charge is 0.338 e. The van der Waals surface area contributed by atoms with Gasteiger partial charge in [0, 0.05) is 10.9 Å². The van der Waals surface area contributed by atoms with Gasteiger partial charge in [-0.1, -0.05) is 6.42 Å². The summed E-state index contributed by atoms with van der Waals surface area (Å²) in [6, 6.07) is 6.12. The van der Waals surface area contributed by atoms with Gasteiger partial charge in [-0.2, -0.15) is 0 Å². The van der Waals surface area contributed by atoms with E-state index in [9.17, 15) is 4.79 Å². The highest BCUT2D eigenvalue weighted by Gasteiger charge is 2.17. The lowest BCUT2D eigenvalue weighted by Crippen LogP contribution is -2.34. The fourth-order valence-electron chi connectivity index (χ4n) is 2.48. The van der Waals surface area contributed by atoms with Gasteiger partial charge in [-0.3, -0.25) is 0 Å². The molecule has 0 atom stereocenters. The Morgan fingerprint density at radius 1 is 1.32 bits per heavy atom. The molecule has 1 heterocycles. The molecule has 5 nitrogen and oxygen atoms in total. The summed E-state index contributed by atoms with van der Waals surface area (Å²) in [4.78, 5) is 11.6. The Kier molecular flexibility index (Phi) is 6.96.